The van der Waals surface area contributed by atoms with E-state index in [4.69, 9.17) is 11.6 Å². The fraction of sp³-hybridized carbons (Fsp3) is 0. The van der Waals surface area contributed by atoms with Crippen molar-refractivity contribution in [1.29, 1.82) is 0 Å². The minimum absolute atomic E-state index is 0.0347. The summed E-state index contributed by atoms with van der Waals surface area (Å²) in [5, 5.41) is 10.5. The van der Waals surface area contributed by atoms with E-state index < -0.39 is 4.92 Å². The van der Waals surface area contributed by atoms with Crippen LogP contribution in [0.25, 0.3) is 11.2 Å². The van der Waals surface area contributed by atoms with Crippen LogP contribution in [0.5, 0.6) is 0 Å². The molecule has 66 valence electrons. The topological polar surface area (TPSA) is 84.7 Å². The Bertz CT molecular complexity index is 480. The molecule has 0 saturated carbocycles. The Kier molecular flexibility index (Phi) is 1.63. The normalized spacial score (nSPS) is 10.5. The lowest BCUT2D eigenvalue weighted by Gasteiger charge is -1.93. The summed E-state index contributed by atoms with van der Waals surface area (Å²) in [6.07, 6.45) is 2.47. The zero-order valence-electron chi connectivity index (χ0n) is 6.19. The van der Waals surface area contributed by atoms with Crippen molar-refractivity contribution in [2.75, 3.05) is 0 Å². The summed E-state index contributed by atoms with van der Waals surface area (Å²) >= 11 is 5.73. The largest absolute Gasteiger partial charge is 0.342 e. The highest BCUT2D eigenvalue weighted by Gasteiger charge is 2.16. The lowest BCUT2D eigenvalue weighted by molar-refractivity contribution is -0.384. The van der Waals surface area contributed by atoms with Gasteiger partial charge in [-0.1, -0.05) is 11.6 Å². The average Bonchev–Trinajstić information content (AvgIpc) is 2.52. The first kappa shape index (κ1) is 7.93. The highest BCUT2D eigenvalue weighted by Crippen LogP contribution is 2.28. The molecule has 0 fully saturated rings. The van der Waals surface area contributed by atoms with E-state index in [1.54, 1.807) is 0 Å². The van der Waals surface area contributed by atoms with E-state index in [0.717, 1.165) is 6.20 Å². The van der Waals surface area contributed by atoms with Crippen LogP contribution in [-0.4, -0.2) is 19.9 Å². The summed E-state index contributed by atoms with van der Waals surface area (Å²) in [7, 11) is 0. The molecule has 2 heterocycles. The SMILES string of the molecule is O=[N+]([O-])c1cnc2nc[nH]c2c1Cl. The molecule has 7 heteroatoms. The van der Waals surface area contributed by atoms with Gasteiger partial charge in [0.1, 0.15) is 16.7 Å². The van der Waals surface area contributed by atoms with E-state index in [0.29, 0.717) is 11.2 Å². The molecular formula is C6H3ClN4O2. The molecular weight excluding hydrogens is 196 g/mol. The van der Waals surface area contributed by atoms with Gasteiger partial charge in [-0.05, 0) is 0 Å². The third-order valence-corrected chi connectivity index (χ3v) is 1.95. The molecule has 0 aromatic carbocycles. The van der Waals surface area contributed by atoms with E-state index in [1.165, 1.54) is 6.33 Å². The van der Waals surface area contributed by atoms with Crippen LogP contribution in [0.1, 0.15) is 0 Å². The second-order valence-electron chi connectivity index (χ2n) is 2.32. The number of nitrogens with one attached hydrogen (secondary N) is 1. The molecule has 0 spiro atoms. The number of H-pyrrole nitrogens is 1. The Labute approximate surface area is 76.7 Å². The number of aromatic amines is 1. The predicted octanol–water partition coefficient (Wildman–Crippen LogP) is 1.52. The van der Waals surface area contributed by atoms with E-state index in [-0.39, 0.29) is 10.7 Å². The molecule has 0 bridgehead atoms. The van der Waals surface area contributed by atoms with Crippen molar-refractivity contribution in [3.8, 4) is 0 Å². The zero-order valence-corrected chi connectivity index (χ0v) is 6.95. The average molecular weight is 199 g/mol. The molecule has 0 radical (unpaired) electrons. The van der Waals surface area contributed by atoms with Crippen molar-refractivity contribution in [2.24, 2.45) is 0 Å². The number of fused-ring (bicyclic) bond motifs is 1. The molecule has 0 aliphatic heterocycles. The van der Waals surface area contributed by atoms with Gasteiger partial charge in [-0.3, -0.25) is 10.1 Å². The smallest absolute Gasteiger partial charge is 0.308 e. The zero-order chi connectivity index (χ0) is 9.42. The molecule has 0 unspecified atom stereocenters. The van der Waals surface area contributed by atoms with Crippen LogP contribution in [0.15, 0.2) is 12.5 Å². The molecule has 2 aromatic rings. The van der Waals surface area contributed by atoms with Crippen LogP contribution < -0.4 is 0 Å². The number of hydrogen-bond donors (Lipinski definition) is 1. The summed E-state index contributed by atoms with van der Waals surface area (Å²) in [5.41, 5.74) is 0.532. The van der Waals surface area contributed by atoms with E-state index >= 15 is 0 Å². The van der Waals surface area contributed by atoms with Gasteiger partial charge in [0.15, 0.2) is 5.65 Å². The summed E-state index contributed by atoms with van der Waals surface area (Å²) in [4.78, 5) is 20.1. The molecule has 13 heavy (non-hydrogen) atoms. The van der Waals surface area contributed by atoms with Crippen LogP contribution in [-0.2, 0) is 0 Å². The number of hydrogen-bond acceptors (Lipinski definition) is 4. The van der Waals surface area contributed by atoms with Gasteiger partial charge in [0.05, 0.1) is 11.3 Å². The molecule has 0 amide bonds. The van der Waals surface area contributed by atoms with Crippen molar-refractivity contribution in [2.45, 2.75) is 0 Å². The molecule has 0 aliphatic rings. The van der Waals surface area contributed by atoms with Gasteiger partial charge in [-0.2, -0.15) is 0 Å². The lowest BCUT2D eigenvalue weighted by atomic mass is 10.4. The van der Waals surface area contributed by atoms with Crippen LogP contribution in [0, 0.1) is 10.1 Å². The molecule has 2 rings (SSSR count). The summed E-state index contributed by atoms with van der Waals surface area (Å²) in [6, 6.07) is 0. The van der Waals surface area contributed by atoms with Crippen molar-refractivity contribution >= 4 is 28.5 Å². The quantitative estimate of drug-likeness (QED) is 0.556. The van der Waals surface area contributed by atoms with Gasteiger partial charge >= 0.3 is 5.69 Å². The maximum Gasteiger partial charge on any atom is 0.308 e. The summed E-state index contributed by atoms with van der Waals surface area (Å²) in [5.74, 6) is 0. The van der Waals surface area contributed by atoms with Crippen molar-refractivity contribution in [3.63, 3.8) is 0 Å². The number of rotatable bonds is 1. The molecule has 6 nitrogen and oxygen atoms in total. The number of nitro groups is 1. The third kappa shape index (κ3) is 1.11. The molecule has 1 N–H and O–H groups in total. The summed E-state index contributed by atoms with van der Waals surface area (Å²) < 4.78 is 0. The maximum atomic E-state index is 10.4. The van der Waals surface area contributed by atoms with Crippen LogP contribution in [0.3, 0.4) is 0 Å². The van der Waals surface area contributed by atoms with Gasteiger partial charge in [0, 0.05) is 0 Å². The Hall–Kier alpha value is -1.69. The number of nitrogens with zero attached hydrogens (tertiary/aromatic N) is 3. The maximum absolute atomic E-state index is 10.4. The summed E-state index contributed by atoms with van der Waals surface area (Å²) in [6.45, 7) is 0. The van der Waals surface area contributed by atoms with Gasteiger partial charge < -0.3 is 4.98 Å². The first-order valence-corrected chi connectivity index (χ1v) is 3.70. The van der Waals surface area contributed by atoms with Crippen LogP contribution >= 0.6 is 11.6 Å². The number of pyridine rings is 1. The van der Waals surface area contributed by atoms with Gasteiger partial charge in [0.2, 0.25) is 0 Å². The standard InChI is InChI=1S/C6H3ClN4O2/c7-4-3(11(12)13)1-8-6-5(4)9-2-10-6/h1-2H,(H,8,9,10). The highest BCUT2D eigenvalue weighted by atomic mass is 35.5. The predicted molar refractivity (Wildman–Crippen MR) is 45.6 cm³/mol. The molecule has 0 aliphatic carbocycles. The highest BCUT2D eigenvalue weighted by molar-refractivity contribution is 6.36. The molecule has 0 atom stereocenters. The minimum atomic E-state index is -0.588. The van der Waals surface area contributed by atoms with Crippen molar-refractivity contribution in [3.05, 3.63) is 27.7 Å². The second kappa shape index (κ2) is 2.67. The number of halogens is 1. The van der Waals surface area contributed by atoms with Crippen LogP contribution in [0.4, 0.5) is 5.69 Å². The molecule has 0 saturated heterocycles. The van der Waals surface area contributed by atoms with Gasteiger partial charge in [-0.15, -0.1) is 0 Å². The Morgan fingerprint density at radius 3 is 3.00 bits per heavy atom. The third-order valence-electron chi connectivity index (χ3n) is 1.57. The number of imidazole rings is 1. The Balaban J connectivity index is 2.80. The van der Waals surface area contributed by atoms with E-state index in [9.17, 15) is 10.1 Å². The van der Waals surface area contributed by atoms with Crippen LogP contribution in [0.2, 0.25) is 5.02 Å². The Morgan fingerprint density at radius 1 is 1.54 bits per heavy atom. The first-order valence-electron chi connectivity index (χ1n) is 3.32. The fourth-order valence-electron chi connectivity index (χ4n) is 0.981. The van der Waals surface area contributed by atoms with Crippen molar-refractivity contribution < 1.29 is 4.92 Å². The van der Waals surface area contributed by atoms with Gasteiger partial charge in [-0.25, -0.2) is 9.97 Å². The number of aromatic nitrogens is 3. The lowest BCUT2D eigenvalue weighted by Crippen LogP contribution is -1.91. The fourth-order valence-corrected chi connectivity index (χ4v) is 1.24. The minimum Gasteiger partial charge on any atom is -0.342 e. The van der Waals surface area contributed by atoms with E-state index in [1.807, 2.05) is 0 Å². The van der Waals surface area contributed by atoms with Gasteiger partial charge in [0.25, 0.3) is 0 Å². The molecule has 2 aromatic heterocycles. The first-order chi connectivity index (χ1) is 6.20. The Morgan fingerprint density at radius 2 is 2.31 bits per heavy atom. The monoisotopic (exact) mass is 198 g/mol. The van der Waals surface area contributed by atoms with Crippen molar-refractivity contribution in [1.82, 2.24) is 15.0 Å². The second-order valence-corrected chi connectivity index (χ2v) is 2.69. The van der Waals surface area contributed by atoms with E-state index in [2.05, 4.69) is 15.0 Å².